The molecule has 4 unspecified atom stereocenters. The second-order valence-corrected chi connectivity index (χ2v) is 10.3. The van der Waals surface area contributed by atoms with Gasteiger partial charge in [0.2, 0.25) is 23.6 Å². The molecule has 1 aromatic carbocycles. The van der Waals surface area contributed by atoms with Crippen molar-refractivity contribution in [1.29, 1.82) is 0 Å². The summed E-state index contributed by atoms with van der Waals surface area (Å²) < 4.78 is 0. The van der Waals surface area contributed by atoms with Crippen molar-refractivity contribution in [3.8, 4) is 0 Å². The Kier molecular flexibility index (Phi) is 10.4. The van der Waals surface area contributed by atoms with Gasteiger partial charge in [0.05, 0.1) is 18.7 Å². The van der Waals surface area contributed by atoms with Crippen molar-refractivity contribution in [2.45, 2.75) is 56.3 Å². The van der Waals surface area contributed by atoms with E-state index in [1.165, 1.54) is 25.0 Å². The third-order valence-electron chi connectivity index (χ3n) is 6.98. The maximum absolute atomic E-state index is 13.8. The van der Waals surface area contributed by atoms with Gasteiger partial charge in [-0.1, -0.05) is 18.2 Å². The SMILES string of the molecule is NC(=O)CCC(N)C(=O)NC(Cc1c[nH]c2ccccc12)C(=O)NC(Cc1cnc[nH]1)C(=O)NC(Cc1cnc[nH]1)C(=O)O. The summed E-state index contributed by atoms with van der Waals surface area (Å²) in [6.07, 6.45) is 7.16. The van der Waals surface area contributed by atoms with Gasteiger partial charge in [-0.3, -0.25) is 19.2 Å². The number of aromatic nitrogens is 5. The van der Waals surface area contributed by atoms with E-state index in [2.05, 4.69) is 40.9 Å². The number of hydrogen-bond acceptors (Lipinski definition) is 8. The summed E-state index contributed by atoms with van der Waals surface area (Å²) in [5, 5.41) is 18.3. The number of benzene rings is 1. The van der Waals surface area contributed by atoms with Crippen molar-refractivity contribution < 1.29 is 29.1 Å². The van der Waals surface area contributed by atoms with Gasteiger partial charge in [-0.15, -0.1) is 0 Å². The molecule has 11 N–H and O–H groups in total. The van der Waals surface area contributed by atoms with E-state index in [9.17, 15) is 29.1 Å². The molecule has 44 heavy (non-hydrogen) atoms. The van der Waals surface area contributed by atoms with Gasteiger partial charge in [0, 0.05) is 66.6 Å². The fraction of sp³-hybridized carbons (Fsp3) is 0.321. The number of amides is 4. The number of rotatable bonds is 16. The zero-order valence-electron chi connectivity index (χ0n) is 23.6. The molecule has 4 atom stereocenters. The van der Waals surface area contributed by atoms with Crippen LogP contribution in [0.15, 0.2) is 55.5 Å². The molecule has 0 saturated carbocycles. The lowest BCUT2D eigenvalue weighted by Crippen LogP contribution is -2.58. The topological polar surface area (TPSA) is 267 Å². The monoisotopic (exact) mass is 606 g/mol. The van der Waals surface area contributed by atoms with E-state index < -0.39 is 53.8 Å². The summed E-state index contributed by atoms with van der Waals surface area (Å²) in [5.74, 6) is -4.08. The first kappa shape index (κ1) is 31.4. The summed E-state index contributed by atoms with van der Waals surface area (Å²) in [7, 11) is 0. The number of nitrogens with one attached hydrogen (secondary N) is 6. The molecule has 0 radical (unpaired) electrons. The Hall–Kier alpha value is -5.51. The van der Waals surface area contributed by atoms with Gasteiger partial charge in [0.25, 0.3) is 0 Å². The highest BCUT2D eigenvalue weighted by atomic mass is 16.4. The molecule has 0 fully saturated rings. The Morgan fingerprint density at radius 1 is 0.795 bits per heavy atom. The van der Waals surface area contributed by atoms with Crippen LogP contribution in [-0.2, 0) is 43.2 Å². The minimum atomic E-state index is -1.32. The van der Waals surface area contributed by atoms with Gasteiger partial charge < -0.3 is 47.5 Å². The molecule has 0 aliphatic rings. The van der Waals surface area contributed by atoms with Gasteiger partial charge >= 0.3 is 5.97 Å². The number of imidazole rings is 2. The summed E-state index contributed by atoms with van der Waals surface area (Å²) in [6.45, 7) is 0. The number of carbonyl (C=O) groups excluding carboxylic acids is 4. The largest absolute Gasteiger partial charge is 0.480 e. The zero-order valence-corrected chi connectivity index (χ0v) is 23.6. The van der Waals surface area contributed by atoms with Crippen LogP contribution in [-0.4, -0.2) is 83.8 Å². The molecule has 3 aromatic heterocycles. The van der Waals surface area contributed by atoms with E-state index >= 15 is 0 Å². The van der Waals surface area contributed by atoms with Crippen molar-refractivity contribution in [3.63, 3.8) is 0 Å². The van der Waals surface area contributed by atoms with E-state index in [0.717, 1.165) is 10.9 Å². The van der Waals surface area contributed by atoms with Crippen molar-refractivity contribution in [3.05, 3.63) is 72.5 Å². The van der Waals surface area contributed by atoms with Crippen LogP contribution in [0.5, 0.6) is 0 Å². The normalized spacial score (nSPS) is 13.8. The lowest BCUT2D eigenvalue weighted by molar-refractivity contribution is -0.142. The Morgan fingerprint density at radius 2 is 1.36 bits per heavy atom. The molecule has 0 spiro atoms. The zero-order chi connectivity index (χ0) is 31.6. The highest BCUT2D eigenvalue weighted by molar-refractivity contribution is 5.95. The molecule has 4 aromatic rings. The lowest BCUT2D eigenvalue weighted by Gasteiger charge is -2.25. The van der Waals surface area contributed by atoms with Crippen molar-refractivity contribution in [2.24, 2.45) is 11.5 Å². The number of para-hydroxylation sites is 1. The van der Waals surface area contributed by atoms with Crippen LogP contribution < -0.4 is 27.4 Å². The molecule has 0 aliphatic carbocycles. The average molecular weight is 607 g/mol. The van der Waals surface area contributed by atoms with Gasteiger partial charge in [0.15, 0.2) is 0 Å². The fourth-order valence-corrected chi connectivity index (χ4v) is 4.62. The van der Waals surface area contributed by atoms with Crippen LogP contribution in [0, 0.1) is 0 Å². The van der Waals surface area contributed by atoms with E-state index in [0.29, 0.717) is 17.0 Å². The minimum Gasteiger partial charge on any atom is -0.480 e. The number of aromatic amines is 3. The average Bonchev–Trinajstić information content (AvgIpc) is 3.78. The number of hydrogen-bond donors (Lipinski definition) is 9. The maximum Gasteiger partial charge on any atom is 0.326 e. The van der Waals surface area contributed by atoms with Crippen LogP contribution in [0.25, 0.3) is 10.9 Å². The van der Waals surface area contributed by atoms with Gasteiger partial charge in [-0.2, -0.15) is 0 Å². The Bertz CT molecular complexity index is 1580. The molecule has 16 heteroatoms. The Labute approximate surface area is 250 Å². The quantitative estimate of drug-likeness (QED) is 0.0738. The molecule has 232 valence electrons. The number of carboxylic acid groups (broad SMARTS) is 1. The van der Waals surface area contributed by atoms with Crippen molar-refractivity contribution in [2.75, 3.05) is 0 Å². The Balaban J connectivity index is 1.56. The fourth-order valence-electron chi connectivity index (χ4n) is 4.62. The summed E-state index contributed by atoms with van der Waals surface area (Å²) in [4.78, 5) is 79.9. The molecular weight excluding hydrogens is 572 g/mol. The first-order valence-corrected chi connectivity index (χ1v) is 13.8. The predicted molar refractivity (Wildman–Crippen MR) is 156 cm³/mol. The molecule has 0 bridgehead atoms. The van der Waals surface area contributed by atoms with Crippen LogP contribution in [0.3, 0.4) is 0 Å². The minimum absolute atomic E-state index is 0.0274. The number of primary amides is 1. The molecule has 3 heterocycles. The molecule has 0 saturated heterocycles. The van der Waals surface area contributed by atoms with Crippen LogP contribution in [0.1, 0.15) is 29.8 Å². The van der Waals surface area contributed by atoms with Crippen LogP contribution in [0.2, 0.25) is 0 Å². The van der Waals surface area contributed by atoms with Gasteiger partial charge in [0.1, 0.15) is 18.1 Å². The lowest BCUT2D eigenvalue weighted by atomic mass is 10.0. The number of H-pyrrole nitrogens is 3. The van der Waals surface area contributed by atoms with Gasteiger partial charge in [-0.05, 0) is 18.1 Å². The number of carbonyl (C=O) groups is 5. The highest BCUT2D eigenvalue weighted by Gasteiger charge is 2.31. The first-order chi connectivity index (χ1) is 21.1. The Morgan fingerprint density at radius 3 is 1.95 bits per heavy atom. The molecule has 4 rings (SSSR count). The van der Waals surface area contributed by atoms with Crippen LogP contribution >= 0.6 is 0 Å². The number of carboxylic acids is 1. The van der Waals surface area contributed by atoms with Crippen LogP contribution in [0.4, 0.5) is 0 Å². The third kappa shape index (κ3) is 8.51. The second-order valence-electron chi connectivity index (χ2n) is 10.3. The molecule has 4 amide bonds. The second kappa shape index (κ2) is 14.6. The van der Waals surface area contributed by atoms with E-state index in [1.54, 1.807) is 6.20 Å². The summed E-state index contributed by atoms with van der Waals surface area (Å²) >= 11 is 0. The van der Waals surface area contributed by atoms with Crippen molar-refractivity contribution in [1.82, 2.24) is 40.9 Å². The van der Waals surface area contributed by atoms with E-state index in [1.807, 2.05) is 24.3 Å². The van der Waals surface area contributed by atoms with E-state index in [-0.39, 0.29) is 32.1 Å². The summed E-state index contributed by atoms with van der Waals surface area (Å²) in [5.41, 5.74) is 13.7. The third-order valence-corrected chi connectivity index (χ3v) is 6.98. The molecular formula is C28H34N10O6. The summed E-state index contributed by atoms with van der Waals surface area (Å²) in [6, 6.07) is 2.51. The highest BCUT2D eigenvalue weighted by Crippen LogP contribution is 2.19. The number of nitrogens with zero attached hydrogens (tertiary/aromatic N) is 2. The number of aliphatic carboxylic acids is 1. The van der Waals surface area contributed by atoms with Gasteiger partial charge in [-0.25, -0.2) is 14.8 Å². The maximum atomic E-state index is 13.8. The standard InChI is InChI=1S/C28H34N10O6/c29-19(5-6-24(30)39)25(40)36-21(7-15-10-33-20-4-2-1-3-18(15)20)26(41)37-22(8-16-11-31-13-34-16)27(42)38-23(28(43)44)9-17-12-32-14-35-17/h1-4,10-14,19,21-23,33H,5-9,29H2,(H2,30,39)(H,31,34)(H,32,35)(H,36,40)(H,37,41)(H,38,42)(H,43,44). The first-order valence-electron chi connectivity index (χ1n) is 13.8. The predicted octanol–water partition coefficient (Wildman–Crippen LogP) is -1.23. The smallest absolute Gasteiger partial charge is 0.326 e. The number of nitrogens with two attached hydrogens (primary N) is 2. The number of fused-ring (bicyclic) bond motifs is 1. The molecule has 0 aliphatic heterocycles. The van der Waals surface area contributed by atoms with Crippen molar-refractivity contribution >= 4 is 40.5 Å². The molecule has 16 nitrogen and oxygen atoms in total. The van der Waals surface area contributed by atoms with E-state index in [4.69, 9.17) is 11.5 Å².